The molecule has 0 bridgehead atoms. The molecule has 12 heteroatoms. The Morgan fingerprint density at radius 1 is 1.13 bits per heavy atom. The maximum absolute atomic E-state index is 12.5. The van der Waals surface area contributed by atoms with Crippen LogP contribution in [0.1, 0.15) is 37.3 Å². The fourth-order valence-corrected chi connectivity index (χ4v) is 6.20. The summed E-state index contributed by atoms with van der Waals surface area (Å²) in [5.41, 5.74) is 1.24. The van der Waals surface area contributed by atoms with Crippen molar-refractivity contribution in [2.45, 2.75) is 49.3 Å². The van der Waals surface area contributed by atoms with E-state index in [0.29, 0.717) is 12.2 Å². The number of halogens is 1. The van der Waals surface area contributed by atoms with Crippen LogP contribution in [0.15, 0.2) is 48.6 Å². The lowest BCUT2D eigenvalue weighted by Gasteiger charge is -2.45. The van der Waals surface area contributed by atoms with Crippen LogP contribution >= 0.6 is 11.6 Å². The molecule has 2 aromatic rings. The number of nitrogens with zero attached hydrogens (tertiary/aromatic N) is 3. The highest BCUT2D eigenvalue weighted by Crippen LogP contribution is 2.47. The first-order valence-corrected chi connectivity index (χ1v) is 15.8. The zero-order chi connectivity index (χ0) is 31.7. The molecule has 2 fully saturated rings. The monoisotopic (exact) mass is 642 g/mol. The van der Waals surface area contributed by atoms with Crippen LogP contribution in [0.2, 0.25) is 0 Å². The Morgan fingerprint density at radius 2 is 1.87 bits per heavy atom. The third-order valence-electron chi connectivity index (χ3n) is 8.51. The lowest BCUT2D eigenvalue weighted by molar-refractivity contribution is -0.147. The highest BCUT2D eigenvalue weighted by molar-refractivity contribution is 6.31. The summed E-state index contributed by atoms with van der Waals surface area (Å²) in [4.78, 5) is 22.8. The lowest BCUT2D eigenvalue weighted by Crippen LogP contribution is -2.55. The Balaban J connectivity index is 1.34. The van der Waals surface area contributed by atoms with Gasteiger partial charge in [-0.05, 0) is 49.9 Å². The zero-order valence-electron chi connectivity index (χ0n) is 26.3. The molecule has 0 amide bonds. The second-order valence-electron chi connectivity index (χ2n) is 11.4. The van der Waals surface area contributed by atoms with Crippen LogP contribution in [0.5, 0.6) is 17.8 Å². The van der Waals surface area contributed by atoms with Crippen molar-refractivity contribution in [2.24, 2.45) is 0 Å². The molecule has 0 spiro atoms. The lowest BCUT2D eigenvalue weighted by atomic mass is 9.76. The molecule has 244 valence electrons. The molecule has 1 aliphatic carbocycles. The molecule has 45 heavy (non-hydrogen) atoms. The molecule has 2 saturated heterocycles. The minimum atomic E-state index is -1.06. The minimum absolute atomic E-state index is 0.0131. The van der Waals surface area contributed by atoms with Crippen LogP contribution in [-0.2, 0) is 25.6 Å². The van der Waals surface area contributed by atoms with E-state index in [2.05, 4.69) is 20.2 Å². The first-order chi connectivity index (χ1) is 21.9. The molecule has 3 heterocycles. The van der Waals surface area contributed by atoms with Crippen LogP contribution in [-0.4, -0.2) is 104 Å². The number of hydrogen-bond acceptors (Lipinski definition) is 11. The zero-order valence-corrected chi connectivity index (χ0v) is 27.0. The van der Waals surface area contributed by atoms with Crippen molar-refractivity contribution in [3.05, 3.63) is 59.7 Å². The molecule has 5 rings (SSSR count). The van der Waals surface area contributed by atoms with Crippen molar-refractivity contribution in [1.82, 2.24) is 20.2 Å². The molecule has 2 unspecified atom stereocenters. The van der Waals surface area contributed by atoms with E-state index in [4.69, 9.17) is 40.0 Å². The smallest absolute Gasteiger partial charge is 0.323 e. The van der Waals surface area contributed by atoms with E-state index in [1.54, 1.807) is 0 Å². The number of esters is 1. The molecule has 3 aliphatic rings. The van der Waals surface area contributed by atoms with E-state index in [-0.39, 0.29) is 43.0 Å². The first-order valence-electron chi connectivity index (χ1n) is 15.5. The van der Waals surface area contributed by atoms with Crippen molar-refractivity contribution in [2.75, 3.05) is 66.8 Å². The van der Waals surface area contributed by atoms with Gasteiger partial charge in [0.25, 0.3) is 0 Å². The van der Waals surface area contributed by atoms with E-state index in [1.165, 1.54) is 14.2 Å². The van der Waals surface area contributed by atoms with Gasteiger partial charge in [-0.1, -0.05) is 42.5 Å². The van der Waals surface area contributed by atoms with Gasteiger partial charge in [0.1, 0.15) is 35.3 Å². The maximum Gasteiger partial charge on any atom is 0.323 e. The summed E-state index contributed by atoms with van der Waals surface area (Å²) in [6, 6.07) is 9.70. The highest BCUT2D eigenvalue weighted by atomic mass is 35.5. The summed E-state index contributed by atoms with van der Waals surface area (Å²) in [7, 11) is 2.95. The number of aromatic nitrogens is 2. The number of carbonyl (C=O) groups is 1. The number of ether oxygens (including phenoxy) is 6. The number of nitrogens with one attached hydrogen (secondary N) is 1. The SMILES string of the molecule is COc1nc(OCC2(OCCCN3CCOCC3)C=CC=C(c3ccccc3)C2(C)Cl)nc(OC)c1COC(=O)[C@@H]1CCCN1. The number of allylic oxidation sites excluding steroid dienone is 2. The molecule has 11 nitrogen and oxygen atoms in total. The van der Waals surface area contributed by atoms with Crippen molar-refractivity contribution >= 4 is 23.1 Å². The van der Waals surface area contributed by atoms with Crippen LogP contribution in [0.4, 0.5) is 0 Å². The maximum atomic E-state index is 12.5. The average molecular weight is 643 g/mol. The fourth-order valence-electron chi connectivity index (χ4n) is 5.85. The second-order valence-corrected chi connectivity index (χ2v) is 12.2. The van der Waals surface area contributed by atoms with Gasteiger partial charge in [0, 0.05) is 26.2 Å². The van der Waals surface area contributed by atoms with E-state index in [9.17, 15) is 4.79 Å². The average Bonchev–Trinajstić information content (AvgIpc) is 3.62. The van der Waals surface area contributed by atoms with E-state index in [1.807, 2.05) is 55.5 Å². The summed E-state index contributed by atoms with van der Waals surface area (Å²) in [6.07, 6.45) is 8.39. The standard InChI is InChI=1S/C33H43ClN4O7/c1-32(34)26(24-10-5-4-6-11-24)12-7-14-33(32,45-19-9-16-38-17-20-42-21-18-38)23-44-31-36-28(40-2)25(29(37-31)41-3)22-43-30(39)27-13-8-15-35-27/h4-7,10-12,14,27,35H,8-9,13,15-23H2,1-3H3/t27-,32?,33?/m0/s1. The van der Waals surface area contributed by atoms with Crippen LogP contribution < -0.4 is 19.5 Å². The van der Waals surface area contributed by atoms with Crippen molar-refractivity contribution in [3.63, 3.8) is 0 Å². The van der Waals surface area contributed by atoms with Crippen LogP contribution in [0.25, 0.3) is 5.57 Å². The number of rotatable bonds is 14. The predicted octanol–water partition coefficient (Wildman–Crippen LogP) is 3.80. The summed E-state index contributed by atoms with van der Waals surface area (Å²) in [5, 5.41) is 3.14. The van der Waals surface area contributed by atoms with Gasteiger partial charge in [0.15, 0.2) is 0 Å². The molecule has 1 aromatic heterocycles. The Morgan fingerprint density at radius 3 is 2.53 bits per heavy atom. The summed E-state index contributed by atoms with van der Waals surface area (Å²) < 4.78 is 35.0. The van der Waals surface area contributed by atoms with Gasteiger partial charge in [-0.3, -0.25) is 9.69 Å². The molecule has 0 saturated carbocycles. The van der Waals surface area contributed by atoms with Gasteiger partial charge in [-0.25, -0.2) is 0 Å². The Bertz CT molecular complexity index is 1320. The third kappa shape index (κ3) is 7.78. The summed E-state index contributed by atoms with van der Waals surface area (Å²) in [5.74, 6) is 0.0295. The normalized spacial score (nSPS) is 25.1. The van der Waals surface area contributed by atoms with E-state index in [0.717, 1.165) is 69.8 Å². The Kier molecular flexibility index (Phi) is 11.3. The molecule has 2 aliphatic heterocycles. The fraction of sp³-hybridized carbons (Fsp3) is 0.545. The van der Waals surface area contributed by atoms with Crippen LogP contribution in [0.3, 0.4) is 0 Å². The second kappa shape index (κ2) is 15.4. The quantitative estimate of drug-likeness (QED) is 0.184. The van der Waals surface area contributed by atoms with Gasteiger partial charge >= 0.3 is 12.0 Å². The van der Waals surface area contributed by atoms with Gasteiger partial charge in [-0.2, -0.15) is 9.97 Å². The number of benzene rings is 1. The number of morpholine rings is 1. The highest BCUT2D eigenvalue weighted by Gasteiger charge is 2.51. The minimum Gasteiger partial charge on any atom is -0.480 e. The van der Waals surface area contributed by atoms with E-state index < -0.39 is 10.5 Å². The Hall–Kier alpha value is -3.22. The third-order valence-corrected chi connectivity index (χ3v) is 9.04. The van der Waals surface area contributed by atoms with E-state index >= 15 is 0 Å². The molecule has 1 aromatic carbocycles. The predicted molar refractivity (Wildman–Crippen MR) is 170 cm³/mol. The molecular formula is C33H43ClN4O7. The van der Waals surface area contributed by atoms with Gasteiger partial charge in [-0.15, -0.1) is 11.6 Å². The van der Waals surface area contributed by atoms with Gasteiger partial charge in [0.2, 0.25) is 11.8 Å². The van der Waals surface area contributed by atoms with Crippen molar-refractivity contribution in [3.8, 4) is 17.8 Å². The number of methoxy groups -OCH3 is 2. The number of hydrogen-bond donors (Lipinski definition) is 1. The van der Waals surface area contributed by atoms with Crippen molar-refractivity contribution < 1.29 is 33.2 Å². The Labute approximate surface area is 269 Å². The topological polar surface area (TPSA) is 114 Å². The molecule has 0 radical (unpaired) electrons. The summed E-state index contributed by atoms with van der Waals surface area (Å²) >= 11 is 7.46. The summed E-state index contributed by atoms with van der Waals surface area (Å²) in [6.45, 7) is 7.32. The largest absolute Gasteiger partial charge is 0.480 e. The molecule has 3 atom stereocenters. The van der Waals surface area contributed by atoms with Gasteiger partial charge < -0.3 is 33.7 Å². The van der Waals surface area contributed by atoms with Crippen LogP contribution in [0, 0.1) is 0 Å². The number of alkyl halides is 1. The van der Waals surface area contributed by atoms with Crippen molar-refractivity contribution in [1.29, 1.82) is 0 Å². The number of carbonyl (C=O) groups excluding carboxylic acids is 1. The first kappa shape index (κ1) is 33.2. The van der Waals surface area contributed by atoms with Gasteiger partial charge in [0.05, 0.1) is 27.4 Å². The molecular weight excluding hydrogens is 600 g/mol. The molecule has 1 N–H and O–H groups in total.